The minimum atomic E-state index is 0.143. The number of nitrogens with two attached hydrogens (primary N) is 1. The molecule has 0 aliphatic carbocycles. The van der Waals surface area contributed by atoms with Crippen molar-refractivity contribution in [1.29, 1.82) is 0 Å². The van der Waals surface area contributed by atoms with Gasteiger partial charge in [-0.15, -0.1) is 0 Å². The van der Waals surface area contributed by atoms with Crippen LogP contribution < -0.4 is 5.73 Å². The lowest BCUT2D eigenvalue weighted by Crippen LogP contribution is -2.25. The van der Waals surface area contributed by atoms with Crippen molar-refractivity contribution in [3.05, 3.63) is 30.1 Å². The van der Waals surface area contributed by atoms with Crippen LogP contribution in [-0.4, -0.2) is 24.2 Å². The van der Waals surface area contributed by atoms with Gasteiger partial charge in [0.2, 0.25) is 0 Å². The molecule has 1 unspecified atom stereocenters. The van der Waals surface area contributed by atoms with Gasteiger partial charge in [-0.05, 0) is 30.9 Å². The van der Waals surface area contributed by atoms with Crippen LogP contribution in [0.5, 0.6) is 0 Å². The van der Waals surface area contributed by atoms with Crippen molar-refractivity contribution in [3.63, 3.8) is 0 Å². The Morgan fingerprint density at radius 3 is 2.65 bits per heavy atom. The van der Waals surface area contributed by atoms with E-state index in [1.54, 1.807) is 6.20 Å². The summed E-state index contributed by atoms with van der Waals surface area (Å²) in [6.45, 7) is 6.00. The molecule has 1 atom stereocenters. The van der Waals surface area contributed by atoms with Crippen LogP contribution in [0.25, 0.3) is 0 Å². The summed E-state index contributed by atoms with van der Waals surface area (Å²) < 4.78 is 5.55. The third kappa shape index (κ3) is 7.08. The van der Waals surface area contributed by atoms with Crippen molar-refractivity contribution >= 4 is 0 Å². The average Bonchev–Trinajstić information content (AvgIpc) is 2.29. The van der Waals surface area contributed by atoms with E-state index in [1.807, 2.05) is 18.2 Å². The molecule has 0 aliphatic heterocycles. The Morgan fingerprint density at radius 1 is 1.24 bits per heavy atom. The van der Waals surface area contributed by atoms with E-state index in [-0.39, 0.29) is 6.04 Å². The Bertz CT molecular complexity index is 288. The molecule has 0 spiro atoms. The van der Waals surface area contributed by atoms with Crippen molar-refractivity contribution < 1.29 is 4.74 Å². The standard InChI is InChI=1S/C14H24N2O/c1-12(2)6-9-17-10-7-13(15)11-14-5-3-4-8-16-14/h3-5,8,12-13H,6-7,9-11,15H2,1-2H3. The van der Waals surface area contributed by atoms with Gasteiger partial charge in [0.05, 0.1) is 0 Å². The number of pyridine rings is 1. The van der Waals surface area contributed by atoms with Crippen LogP contribution in [0.2, 0.25) is 0 Å². The average molecular weight is 236 g/mol. The molecule has 0 bridgehead atoms. The quantitative estimate of drug-likeness (QED) is 0.705. The van der Waals surface area contributed by atoms with Crippen molar-refractivity contribution in [2.45, 2.75) is 39.2 Å². The summed E-state index contributed by atoms with van der Waals surface area (Å²) in [6, 6.07) is 6.07. The number of hydrogen-bond acceptors (Lipinski definition) is 3. The predicted molar refractivity (Wildman–Crippen MR) is 70.8 cm³/mol. The number of hydrogen-bond donors (Lipinski definition) is 1. The molecule has 0 radical (unpaired) electrons. The van der Waals surface area contributed by atoms with E-state index in [1.165, 1.54) is 0 Å². The van der Waals surface area contributed by atoms with Crippen LogP contribution in [0, 0.1) is 5.92 Å². The molecule has 0 saturated carbocycles. The highest BCUT2D eigenvalue weighted by molar-refractivity contribution is 5.04. The fraction of sp³-hybridized carbons (Fsp3) is 0.643. The molecule has 17 heavy (non-hydrogen) atoms. The minimum absolute atomic E-state index is 0.143. The van der Waals surface area contributed by atoms with E-state index in [4.69, 9.17) is 10.5 Å². The van der Waals surface area contributed by atoms with Crippen molar-refractivity contribution in [1.82, 2.24) is 4.98 Å². The summed E-state index contributed by atoms with van der Waals surface area (Å²) in [5, 5.41) is 0. The van der Waals surface area contributed by atoms with Gasteiger partial charge in [-0.1, -0.05) is 19.9 Å². The molecular weight excluding hydrogens is 212 g/mol. The maximum atomic E-state index is 6.03. The molecule has 0 aliphatic rings. The predicted octanol–water partition coefficient (Wildman–Crippen LogP) is 2.40. The number of nitrogens with zero attached hydrogens (tertiary/aromatic N) is 1. The highest BCUT2D eigenvalue weighted by Crippen LogP contribution is 2.02. The lowest BCUT2D eigenvalue weighted by molar-refractivity contribution is 0.117. The monoisotopic (exact) mass is 236 g/mol. The zero-order valence-corrected chi connectivity index (χ0v) is 10.9. The van der Waals surface area contributed by atoms with Gasteiger partial charge in [0.25, 0.3) is 0 Å². The first-order valence-electron chi connectivity index (χ1n) is 6.41. The Hall–Kier alpha value is -0.930. The van der Waals surface area contributed by atoms with Gasteiger partial charge in [0.15, 0.2) is 0 Å². The first kappa shape index (κ1) is 14.1. The molecule has 1 heterocycles. The summed E-state index contributed by atoms with van der Waals surface area (Å²) >= 11 is 0. The molecule has 0 aromatic carbocycles. The summed E-state index contributed by atoms with van der Waals surface area (Å²) in [5.41, 5.74) is 7.09. The summed E-state index contributed by atoms with van der Waals surface area (Å²) in [6.07, 6.45) is 4.65. The normalized spacial score (nSPS) is 12.9. The summed E-state index contributed by atoms with van der Waals surface area (Å²) in [4.78, 5) is 4.27. The van der Waals surface area contributed by atoms with Gasteiger partial charge in [-0.2, -0.15) is 0 Å². The van der Waals surface area contributed by atoms with Crippen LogP contribution in [0.1, 0.15) is 32.4 Å². The van der Waals surface area contributed by atoms with Gasteiger partial charge in [0.1, 0.15) is 0 Å². The van der Waals surface area contributed by atoms with E-state index < -0.39 is 0 Å². The lowest BCUT2D eigenvalue weighted by Gasteiger charge is -2.11. The second-order valence-corrected chi connectivity index (χ2v) is 4.87. The third-order valence-corrected chi connectivity index (χ3v) is 2.67. The molecule has 1 aromatic rings. The molecule has 0 amide bonds. The lowest BCUT2D eigenvalue weighted by atomic mass is 10.1. The molecule has 3 heteroatoms. The third-order valence-electron chi connectivity index (χ3n) is 2.67. The Labute approximate surface area is 104 Å². The van der Waals surface area contributed by atoms with Gasteiger partial charge in [-0.25, -0.2) is 0 Å². The molecule has 0 fully saturated rings. The largest absolute Gasteiger partial charge is 0.381 e. The number of aromatic nitrogens is 1. The number of ether oxygens (including phenoxy) is 1. The zero-order chi connectivity index (χ0) is 12.5. The van der Waals surface area contributed by atoms with Crippen LogP contribution in [0.3, 0.4) is 0 Å². The SMILES string of the molecule is CC(C)CCOCCC(N)Cc1ccccn1. The maximum absolute atomic E-state index is 6.03. The molecule has 1 aromatic heterocycles. The zero-order valence-electron chi connectivity index (χ0n) is 10.9. The summed E-state index contributed by atoms with van der Waals surface area (Å²) in [5.74, 6) is 0.706. The highest BCUT2D eigenvalue weighted by atomic mass is 16.5. The maximum Gasteiger partial charge on any atom is 0.0480 e. The van der Waals surface area contributed by atoms with Crippen LogP contribution in [0.15, 0.2) is 24.4 Å². The fourth-order valence-corrected chi connectivity index (χ4v) is 1.55. The molecular formula is C14H24N2O. The molecule has 2 N–H and O–H groups in total. The van der Waals surface area contributed by atoms with Crippen LogP contribution in [-0.2, 0) is 11.2 Å². The van der Waals surface area contributed by atoms with E-state index in [0.717, 1.165) is 38.2 Å². The minimum Gasteiger partial charge on any atom is -0.381 e. The molecule has 1 rings (SSSR count). The van der Waals surface area contributed by atoms with Gasteiger partial charge < -0.3 is 10.5 Å². The van der Waals surface area contributed by atoms with Gasteiger partial charge in [-0.3, -0.25) is 4.98 Å². The van der Waals surface area contributed by atoms with E-state index in [2.05, 4.69) is 18.8 Å². The smallest absolute Gasteiger partial charge is 0.0480 e. The van der Waals surface area contributed by atoms with Crippen molar-refractivity contribution in [2.24, 2.45) is 11.7 Å². The van der Waals surface area contributed by atoms with Crippen molar-refractivity contribution in [3.8, 4) is 0 Å². The topological polar surface area (TPSA) is 48.1 Å². The first-order chi connectivity index (χ1) is 8.18. The molecule has 0 saturated heterocycles. The molecule has 3 nitrogen and oxygen atoms in total. The number of rotatable bonds is 8. The van der Waals surface area contributed by atoms with Crippen LogP contribution >= 0.6 is 0 Å². The fourth-order valence-electron chi connectivity index (χ4n) is 1.55. The van der Waals surface area contributed by atoms with Crippen molar-refractivity contribution in [2.75, 3.05) is 13.2 Å². The second kappa shape index (κ2) is 8.20. The van der Waals surface area contributed by atoms with Crippen LogP contribution in [0.4, 0.5) is 0 Å². The van der Waals surface area contributed by atoms with Gasteiger partial charge >= 0.3 is 0 Å². The van der Waals surface area contributed by atoms with E-state index in [9.17, 15) is 0 Å². The first-order valence-corrected chi connectivity index (χ1v) is 6.41. The van der Waals surface area contributed by atoms with E-state index >= 15 is 0 Å². The second-order valence-electron chi connectivity index (χ2n) is 4.87. The Kier molecular flexibility index (Phi) is 6.82. The van der Waals surface area contributed by atoms with Gasteiger partial charge in [0, 0.05) is 37.6 Å². The Morgan fingerprint density at radius 2 is 2.00 bits per heavy atom. The van der Waals surface area contributed by atoms with E-state index in [0.29, 0.717) is 5.92 Å². The Balaban J connectivity index is 2.07. The molecule has 96 valence electrons. The summed E-state index contributed by atoms with van der Waals surface area (Å²) in [7, 11) is 0. The highest BCUT2D eigenvalue weighted by Gasteiger charge is 2.04.